The molecule has 2 aromatic rings. The lowest BCUT2D eigenvalue weighted by Gasteiger charge is -2.23. The molecule has 0 radical (unpaired) electrons. The Morgan fingerprint density at radius 3 is 2.03 bits per heavy atom. The Hall–Kier alpha value is -2.88. The summed E-state index contributed by atoms with van der Waals surface area (Å²) in [6.45, 7) is 6.19. The summed E-state index contributed by atoms with van der Waals surface area (Å²) < 4.78 is 11.5. The van der Waals surface area contributed by atoms with Crippen molar-refractivity contribution in [2.75, 3.05) is 0 Å². The van der Waals surface area contributed by atoms with Gasteiger partial charge in [-0.15, -0.1) is 0 Å². The molecule has 0 bridgehead atoms. The number of esters is 2. The molecule has 2 atom stereocenters. The Morgan fingerprint density at radius 1 is 0.839 bits per heavy atom. The molecule has 0 saturated carbocycles. The summed E-state index contributed by atoms with van der Waals surface area (Å²) in [4.78, 5) is 24.9. The van der Waals surface area contributed by atoms with Crippen molar-refractivity contribution in [3.05, 3.63) is 77.4 Å². The number of ether oxygens (including phenoxy) is 2. The van der Waals surface area contributed by atoms with Gasteiger partial charge in [-0.05, 0) is 48.6 Å². The maximum absolute atomic E-state index is 12.6. The molecule has 2 unspecified atom stereocenters. The Bertz CT molecular complexity index is 824. The largest absolute Gasteiger partial charge is 0.459 e. The first-order valence-electron chi connectivity index (χ1n) is 11.3. The molecule has 2 aromatic carbocycles. The van der Waals surface area contributed by atoms with E-state index in [1.807, 2.05) is 54.6 Å². The predicted octanol–water partition coefficient (Wildman–Crippen LogP) is 6.39. The van der Waals surface area contributed by atoms with E-state index in [0.717, 1.165) is 37.7 Å². The van der Waals surface area contributed by atoms with Crippen LogP contribution in [-0.2, 0) is 20.7 Å². The van der Waals surface area contributed by atoms with Gasteiger partial charge < -0.3 is 9.47 Å². The molecule has 2 rings (SSSR count). The molecule has 0 aliphatic carbocycles. The minimum Gasteiger partial charge on any atom is -0.459 e. The predicted molar refractivity (Wildman–Crippen MR) is 125 cm³/mol. The van der Waals surface area contributed by atoms with E-state index >= 15 is 0 Å². The summed E-state index contributed by atoms with van der Waals surface area (Å²) in [7, 11) is 0. The zero-order chi connectivity index (χ0) is 22.5. The summed E-state index contributed by atoms with van der Waals surface area (Å²) in [5.74, 6) is -0.703. The average molecular weight is 423 g/mol. The number of rotatable bonds is 12. The Balaban J connectivity index is 1.98. The van der Waals surface area contributed by atoms with Gasteiger partial charge in [0.15, 0.2) is 0 Å². The van der Waals surface area contributed by atoms with Gasteiger partial charge in [0.25, 0.3) is 0 Å². The summed E-state index contributed by atoms with van der Waals surface area (Å²) in [5.41, 5.74) is 2.67. The molecule has 4 nitrogen and oxygen atoms in total. The summed E-state index contributed by atoms with van der Waals surface area (Å²) in [5, 5.41) is 0. The molecule has 0 saturated heterocycles. The van der Waals surface area contributed by atoms with Crippen molar-refractivity contribution in [3.8, 4) is 0 Å². The van der Waals surface area contributed by atoms with E-state index in [4.69, 9.17) is 9.47 Å². The topological polar surface area (TPSA) is 52.6 Å². The van der Waals surface area contributed by atoms with Crippen LogP contribution in [-0.4, -0.2) is 24.1 Å². The van der Waals surface area contributed by atoms with Gasteiger partial charge >= 0.3 is 11.9 Å². The third-order valence-electron chi connectivity index (χ3n) is 5.11. The number of benzene rings is 2. The van der Waals surface area contributed by atoms with Gasteiger partial charge in [0.2, 0.25) is 0 Å². The first-order valence-corrected chi connectivity index (χ1v) is 11.3. The van der Waals surface area contributed by atoms with Gasteiger partial charge in [-0.1, -0.05) is 76.1 Å². The van der Waals surface area contributed by atoms with Gasteiger partial charge in [-0.3, -0.25) is 0 Å². The van der Waals surface area contributed by atoms with Crippen LogP contribution in [0.5, 0.6) is 0 Å². The van der Waals surface area contributed by atoms with Crippen LogP contribution < -0.4 is 0 Å². The smallest absolute Gasteiger partial charge is 0.338 e. The second-order valence-corrected chi connectivity index (χ2v) is 7.69. The molecule has 166 valence electrons. The fourth-order valence-electron chi connectivity index (χ4n) is 3.41. The monoisotopic (exact) mass is 422 g/mol. The SMILES string of the molecule is CCCC(CC(CCC)OC(=O)c1ccc(CC)cc1)OC(=O)C=Cc1ccccc1. The van der Waals surface area contributed by atoms with Gasteiger partial charge in [-0.25, -0.2) is 9.59 Å². The van der Waals surface area contributed by atoms with Gasteiger partial charge in [0.05, 0.1) is 5.56 Å². The Kier molecular flexibility index (Phi) is 10.6. The van der Waals surface area contributed by atoms with Crippen LogP contribution in [0.25, 0.3) is 6.08 Å². The molecule has 0 aliphatic heterocycles. The third kappa shape index (κ3) is 8.79. The van der Waals surface area contributed by atoms with Gasteiger partial charge in [0.1, 0.15) is 12.2 Å². The highest BCUT2D eigenvalue weighted by molar-refractivity contribution is 5.89. The Labute approximate surface area is 186 Å². The standard InChI is InChI=1S/C27H34O4/c1-4-10-24(30-26(28)19-16-22-12-8-7-9-13-22)20-25(11-5-2)31-27(29)23-17-14-21(6-3)15-18-23/h7-9,12-19,24-25H,4-6,10-11,20H2,1-3H3. The second-order valence-electron chi connectivity index (χ2n) is 7.69. The van der Waals surface area contributed by atoms with E-state index in [0.29, 0.717) is 12.0 Å². The molecule has 31 heavy (non-hydrogen) atoms. The first kappa shape index (κ1) is 24.4. The molecular formula is C27H34O4. The minimum atomic E-state index is -0.376. The van der Waals surface area contributed by atoms with E-state index in [1.54, 1.807) is 6.08 Å². The fraction of sp³-hybridized carbons (Fsp3) is 0.407. The van der Waals surface area contributed by atoms with Crippen LogP contribution in [0.15, 0.2) is 60.7 Å². The highest BCUT2D eigenvalue weighted by Gasteiger charge is 2.22. The van der Waals surface area contributed by atoms with Crippen molar-refractivity contribution in [1.82, 2.24) is 0 Å². The van der Waals surface area contributed by atoms with Crippen LogP contribution in [0.1, 0.15) is 74.4 Å². The molecule has 4 heteroatoms. The normalized spacial score (nSPS) is 13.0. The maximum atomic E-state index is 12.6. The van der Waals surface area contributed by atoms with Gasteiger partial charge in [0, 0.05) is 12.5 Å². The molecule has 0 spiro atoms. The van der Waals surface area contributed by atoms with Crippen molar-refractivity contribution in [1.29, 1.82) is 0 Å². The lowest BCUT2D eigenvalue weighted by atomic mass is 10.0. The van der Waals surface area contributed by atoms with E-state index in [9.17, 15) is 9.59 Å². The van der Waals surface area contributed by atoms with Crippen molar-refractivity contribution in [2.45, 2.75) is 71.5 Å². The molecule has 0 N–H and O–H groups in total. The van der Waals surface area contributed by atoms with Crippen molar-refractivity contribution in [2.24, 2.45) is 0 Å². The maximum Gasteiger partial charge on any atom is 0.338 e. The second kappa shape index (κ2) is 13.4. The zero-order valence-corrected chi connectivity index (χ0v) is 18.9. The third-order valence-corrected chi connectivity index (χ3v) is 5.11. The van der Waals surface area contributed by atoms with E-state index in [-0.39, 0.29) is 24.1 Å². The molecule has 0 amide bonds. The Morgan fingerprint density at radius 2 is 1.45 bits per heavy atom. The van der Waals surface area contributed by atoms with Crippen molar-refractivity contribution < 1.29 is 19.1 Å². The van der Waals surface area contributed by atoms with Crippen LogP contribution in [0.3, 0.4) is 0 Å². The minimum absolute atomic E-state index is 0.286. The molecule has 0 fully saturated rings. The van der Waals surface area contributed by atoms with Gasteiger partial charge in [-0.2, -0.15) is 0 Å². The van der Waals surface area contributed by atoms with Crippen LogP contribution in [0.2, 0.25) is 0 Å². The summed E-state index contributed by atoms with van der Waals surface area (Å²) in [6.07, 6.45) is 7.28. The highest BCUT2D eigenvalue weighted by atomic mass is 16.6. The van der Waals surface area contributed by atoms with Crippen LogP contribution in [0, 0.1) is 0 Å². The number of hydrogen-bond donors (Lipinski definition) is 0. The van der Waals surface area contributed by atoms with Crippen molar-refractivity contribution >= 4 is 18.0 Å². The summed E-state index contributed by atoms with van der Waals surface area (Å²) >= 11 is 0. The van der Waals surface area contributed by atoms with E-state index in [1.165, 1.54) is 11.6 Å². The van der Waals surface area contributed by atoms with Crippen LogP contribution in [0.4, 0.5) is 0 Å². The molecule has 0 heterocycles. The highest BCUT2D eigenvalue weighted by Crippen LogP contribution is 2.19. The summed E-state index contributed by atoms with van der Waals surface area (Å²) in [6, 6.07) is 17.1. The number of aryl methyl sites for hydroxylation is 1. The van der Waals surface area contributed by atoms with Crippen molar-refractivity contribution in [3.63, 3.8) is 0 Å². The lowest BCUT2D eigenvalue weighted by molar-refractivity contribution is -0.144. The molecular weight excluding hydrogens is 388 g/mol. The number of hydrogen-bond acceptors (Lipinski definition) is 4. The zero-order valence-electron chi connectivity index (χ0n) is 18.9. The lowest BCUT2D eigenvalue weighted by Crippen LogP contribution is -2.27. The number of carbonyl (C=O) groups is 2. The van der Waals surface area contributed by atoms with E-state index < -0.39 is 0 Å². The molecule has 0 aliphatic rings. The number of carbonyl (C=O) groups excluding carboxylic acids is 2. The van der Waals surface area contributed by atoms with Crippen LogP contribution >= 0.6 is 0 Å². The average Bonchev–Trinajstić information content (AvgIpc) is 2.78. The van der Waals surface area contributed by atoms with E-state index in [2.05, 4.69) is 20.8 Å². The first-order chi connectivity index (χ1) is 15.0. The fourth-order valence-corrected chi connectivity index (χ4v) is 3.41. The quantitative estimate of drug-likeness (QED) is 0.294. The molecule has 0 aromatic heterocycles.